The number of nitrogens with two attached hydrogens (primary N) is 1. The zero-order valence-corrected chi connectivity index (χ0v) is 12.3. The van der Waals surface area contributed by atoms with Gasteiger partial charge in [0.25, 0.3) is 0 Å². The van der Waals surface area contributed by atoms with E-state index in [-0.39, 0.29) is 0 Å². The molecular weight excluding hydrogens is 252 g/mol. The lowest BCUT2D eigenvalue weighted by atomic mass is 10.2. The lowest BCUT2D eigenvalue weighted by Gasteiger charge is -2.21. The Kier molecular flexibility index (Phi) is 5.43. The molecule has 2 nitrogen and oxygen atoms in total. The Hall–Kier alpha value is -1.32. The van der Waals surface area contributed by atoms with Gasteiger partial charge in [-0.3, -0.25) is 4.90 Å². The Morgan fingerprint density at radius 1 is 1.11 bits per heavy atom. The van der Waals surface area contributed by atoms with Crippen LogP contribution in [0.2, 0.25) is 0 Å². The first-order chi connectivity index (χ1) is 9.28. The molecule has 0 unspecified atom stereocenters. The maximum absolute atomic E-state index is 5.73. The average molecular weight is 274 g/mol. The number of rotatable bonds is 7. The van der Waals surface area contributed by atoms with E-state index in [4.69, 9.17) is 5.73 Å². The Morgan fingerprint density at radius 2 is 1.89 bits per heavy atom. The number of anilines is 1. The molecule has 19 heavy (non-hydrogen) atoms. The van der Waals surface area contributed by atoms with Gasteiger partial charge in [0.05, 0.1) is 0 Å². The van der Waals surface area contributed by atoms with Crippen LogP contribution in [0, 0.1) is 0 Å². The van der Waals surface area contributed by atoms with Gasteiger partial charge in [-0.1, -0.05) is 25.1 Å². The van der Waals surface area contributed by atoms with E-state index in [1.807, 2.05) is 23.5 Å². The van der Waals surface area contributed by atoms with Crippen LogP contribution >= 0.6 is 11.3 Å². The van der Waals surface area contributed by atoms with Crippen LogP contribution in [0.5, 0.6) is 0 Å². The van der Waals surface area contributed by atoms with Crippen LogP contribution < -0.4 is 5.73 Å². The summed E-state index contributed by atoms with van der Waals surface area (Å²) in [6.45, 7) is 5.52. The second kappa shape index (κ2) is 7.31. The van der Waals surface area contributed by atoms with E-state index in [0.29, 0.717) is 0 Å². The van der Waals surface area contributed by atoms with Crippen LogP contribution in [0.15, 0.2) is 41.8 Å². The van der Waals surface area contributed by atoms with Crippen molar-refractivity contribution in [3.05, 3.63) is 52.2 Å². The molecule has 2 rings (SSSR count). The predicted octanol–water partition coefficient (Wildman–Crippen LogP) is 3.79. The van der Waals surface area contributed by atoms with Gasteiger partial charge >= 0.3 is 0 Å². The maximum Gasteiger partial charge on any atom is 0.0314 e. The summed E-state index contributed by atoms with van der Waals surface area (Å²) in [5, 5.41) is 2.15. The lowest BCUT2D eigenvalue weighted by Crippen LogP contribution is -2.26. The van der Waals surface area contributed by atoms with Gasteiger partial charge in [-0.2, -0.15) is 0 Å². The van der Waals surface area contributed by atoms with Crippen LogP contribution in [0.25, 0.3) is 0 Å². The molecule has 0 spiro atoms. The third-order valence-electron chi connectivity index (χ3n) is 3.18. The zero-order chi connectivity index (χ0) is 13.5. The molecule has 1 aromatic heterocycles. The van der Waals surface area contributed by atoms with Crippen molar-refractivity contribution in [1.82, 2.24) is 4.90 Å². The number of nitrogens with zero attached hydrogens (tertiary/aromatic N) is 1. The highest BCUT2D eigenvalue weighted by molar-refractivity contribution is 7.09. The van der Waals surface area contributed by atoms with Crippen LogP contribution in [-0.4, -0.2) is 18.0 Å². The van der Waals surface area contributed by atoms with Crippen molar-refractivity contribution in [2.45, 2.75) is 26.3 Å². The summed E-state index contributed by atoms with van der Waals surface area (Å²) in [6.07, 6.45) is 2.34. The molecular formula is C16H22N2S. The first kappa shape index (κ1) is 14.1. The highest BCUT2D eigenvalue weighted by Crippen LogP contribution is 2.13. The van der Waals surface area contributed by atoms with Crippen molar-refractivity contribution in [3.63, 3.8) is 0 Å². The van der Waals surface area contributed by atoms with Crippen LogP contribution in [0.3, 0.4) is 0 Å². The van der Waals surface area contributed by atoms with E-state index in [1.54, 1.807) is 0 Å². The number of hydrogen-bond acceptors (Lipinski definition) is 3. The standard InChI is InChI=1S/C16H22N2S/c1-2-10-18(11-9-16-4-3-12-19-16)13-14-5-7-15(17)8-6-14/h3-8,12H,2,9-11,13,17H2,1H3. The van der Waals surface area contributed by atoms with Crippen molar-refractivity contribution >= 4 is 17.0 Å². The SMILES string of the molecule is CCCN(CCc1cccs1)Cc1ccc(N)cc1. The summed E-state index contributed by atoms with van der Waals surface area (Å²) in [7, 11) is 0. The average Bonchev–Trinajstić information content (AvgIpc) is 2.92. The van der Waals surface area contributed by atoms with Gasteiger partial charge in [0, 0.05) is 23.7 Å². The lowest BCUT2D eigenvalue weighted by molar-refractivity contribution is 0.270. The molecule has 0 amide bonds. The quantitative estimate of drug-likeness (QED) is 0.778. The van der Waals surface area contributed by atoms with E-state index in [2.05, 4.69) is 41.5 Å². The summed E-state index contributed by atoms with van der Waals surface area (Å²) in [5.41, 5.74) is 7.91. The van der Waals surface area contributed by atoms with Crippen LogP contribution in [0.4, 0.5) is 5.69 Å². The molecule has 0 bridgehead atoms. The first-order valence-corrected chi connectivity index (χ1v) is 7.75. The van der Waals surface area contributed by atoms with E-state index < -0.39 is 0 Å². The molecule has 0 fully saturated rings. The maximum atomic E-state index is 5.73. The normalized spacial score (nSPS) is 11.1. The zero-order valence-electron chi connectivity index (χ0n) is 11.5. The molecule has 1 heterocycles. The summed E-state index contributed by atoms with van der Waals surface area (Å²) < 4.78 is 0. The summed E-state index contributed by atoms with van der Waals surface area (Å²) >= 11 is 1.85. The van der Waals surface area contributed by atoms with Gasteiger partial charge in [-0.25, -0.2) is 0 Å². The number of thiophene rings is 1. The van der Waals surface area contributed by atoms with Crippen LogP contribution in [-0.2, 0) is 13.0 Å². The van der Waals surface area contributed by atoms with E-state index in [1.165, 1.54) is 16.9 Å². The largest absolute Gasteiger partial charge is 0.399 e. The van der Waals surface area contributed by atoms with Crippen molar-refractivity contribution in [2.75, 3.05) is 18.8 Å². The Labute approximate surface area is 119 Å². The molecule has 0 atom stereocenters. The first-order valence-electron chi connectivity index (χ1n) is 6.87. The second-order valence-electron chi connectivity index (χ2n) is 4.85. The summed E-state index contributed by atoms with van der Waals surface area (Å²) in [6, 6.07) is 12.6. The molecule has 0 radical (unpaired) electrons. The third kappa shape index (κ3) is 4.69. The van der Waals surface area contributed by atoms with Crippen molar-refractivity contribution in [3.8, 4) is 0 Å². The fourth-order valence-corrected chi connectivity index (χ4v) is 2.89. The fraction of sp³-hybridized carbons (Fsp3) is 0.375. The fourth-order valence-electron chi connectivity index (χ4n) is 2.19. The highest BCUT2D eigenvalue weighted by Gasteiger charge is 2.06. The molecule has 0 saturated heterocycles. The second-order valence-corrected chi connectivity index (χ2v) is 5.88. The molecule has 2 N–H and O–H groups in total. The molecule has 0 saturated carbocycles. The van der Waals surface area contributed by atoms with Gasteiger partial charge in [-0.15, -0.1) is 11.3 Å². The minimum Gasteiger partial charge on any atom is -0.399 e. The Balaban J connectivity index is 1.89. The molecule has 1 aromatic carbocycles. The minimum absolute atomic E-state index is 0.837. The van der Waals surface area contributed by atoms with Gasteiger partial charge in [0.2, 0.25) is 0 Å². The summed E-state index contributed by atoms with van der Waals surface area (Å²) in [5.74, 6) is 0. The Bertz CT molecular complexity index is 462. The molecule has 0 aliphatic heterocycles. The predicted molar refractivity (Wildman–Crippen MR) is 84.4 cm³/mol. The number of benzene rings is 1. The molecule has 0 aliphatic rings. The number of nitrogen functional groups attached to an aromatic ring is 1. The number of hydrogen-bond donors (Lipinski definition) is 1. The van der Waals surface area contributed by atoms with Crippen molar-refractivity contribution < 1.29 is 0 Å². The summed E-state index contributed by atoms with van der Waals surface area (Å²) in [4.78, 5) is 3.99. The Morgan fingerprint density at radius 3 is 2.53 bits per heavy atom. The third-order valence-corrected chi connectivity index (χ3v) is 4.12. The van der Waals surface area contributed by atoms with E-state index >= 15 is 0 Å². The van der Waals surface area contributed by atoms with Gasteiger partial charge in [0.1, 0.15) is 0 Å². The molecule has 0 aliphatic carbocycles. The van der Waals surface area contributed by atoms with Crippen molar-refractivity contribution in [2.24, 2.45) is 0 Å². The van der Waals surface area contributed by atoms with Crippen molar-refractivity contribution in [1.29, 1.82) is 0 Å². The van der Waals surface area contributed by atoms with Gasteiger partial charge in [0.15, 0.2) is 0 Å². The van der Waals surface area contributed by atoms with E-state index in [0.717, 1.165) is 31.7 Å². The van der Waals surface area contributed by atoms with E-state index in [9.17, 15) is 0 Å². The minimum atomic E-state index is 0.837. The van der Waals surface area contributed by atoms with Gasteiger partial charge in [-0.05, 0) is 48.5 Å². The molecule has 102 valence electrons. The van der Waals surface area contributed by atoms with Gasteiger partial charge < -0.3 is 5.73 Å². The monoisotopic (exact) mass is 274 g/mol. The van der Waals surface area contributed by atoms with Crippen LogP contribution in [0.1, 0.15) is 23.8 Å². The molecule has 3 heteroatoms. The highest BCUT2D eigenvalue weighted by atomic mass is 32.1. The smallest absolute Gasteiger partial charge is 0.0314 e. The topological polar surface area (TPSA) is 29.3 Å². The molecule has 2 aromatic rings.